The third-order valence-corrected chi connectivity index (χ3v) is 3.69. The van der Waals surface area contributed by atoms with Gasteiger partial charge in [0.25, 0.3) is 5.91 Å². The van der Waals surface area contributed by atoms with E-state index in [9.17, 15) is 9.59 Å². The number of carbonyl (C=O) groups excluding carboxylic acids is 1. The molecule has 0 heterocycles. The van der Waals surface area contributed by atoms with Crippen LogP contribution in [0.4, 0.5) is 0 Å². The third-order valence-electron chi connectivity index (χ3n) is 2.57. The van der Waals surface area contributed by atoms with Crippen molar-refractivity contribution in [2.45, 2.75) is 13.3 Å². The Kier molecular flexibility index (Phi) is 7.01. The van der Waals surface area contributed by atoms with Crippen LogP contribution in [0.1, 0.15) is 13.3 Å². The summed E-state index contributed by atoms with van der Waals surface area (Å²) in [5, 5.41) is 11.3. The Bertz CT molecular complexity index is 493. The molecule has 0 bridgehead atoms. The predicted octanol–water partition coefficient (Wildman–Crippen LogP) is 2.82. The number of carboxylic acid groups (broad SMARTS) is 1. The second-order valence-corrected chi connectivity index (χ2v) is 6.01. The van der Waals surface area contributed by atoms with Gasteiger partial charge in [0, 0.05) is 11.0 Å². The summed E-state index contributed by atoms with van der Waals surface area (Å²) in [6.07, 6.45) is 0.392. The van der Waals surface area contributed by atoms with E-state index in [-0.39, 0.29) is 12.5 Å². The topological polar surface area (TPSA) is 75.6 Å². The van der Waals surface area contributed by atoms with Crippen LogP contribution in [0, 0.1) is 5.92 Å². The molecule has 0 radical (unpaired) electrons. The molecule has 0 saturated heterocycles. The Morgan fingerprint density at radius 1 is 1.40 bits per heavy atom. The normalized spacial score (nSPS) is 11.8. The highest BCUT2D eigenvalue weighted by Gasteiger charge is 2.11. The van der Waals surface area contributed by atoms with E-state index >= 15 is 0 Å². The van der Waals surface area contributed by atoms with Crippen LogP contribution in [0.3, 0.4) is 0 Å². The average Bonchev–Trinajstić information content (AvgIpc) is 2.37. The van der Waals surface area contributed by atoms with E-state index in [1.807, 2.05) is 12.1 Å². The maximum atomic E-state index is 11.5. The number of nitrogens with one attached hydrogen (secondary N) is 1. The summed E-state index contributed by atoms with van der Waals surface area (Å²) in [4.78, 5) is 22.1. The molecule has 5 nitrogen and oxygen atoms in total. The highest BCUT2D eigenvalue weighted by Crippen LogP contribution is 2.27. The predicted molar refractivity (Wildman–Crippen MR) is 81.8 cm³/mol. The average molecular weight is 409 g/mol. The molecule has 1 amide bonds. The molecule has 1 aromatic carbocycles. The van der Waals surface area contributed by atoms with Crippen molar-refractivity contribution in [1.29, 1.82) is 0 Å². The van der Waals surface area contributed by atoms with Crippen molar-refractivity contribution in [3.63, 3.8) is 0 Å². The fourth-order valence-corrected chi connectivity index (χ4v) is 2.50. The second-order valence-electron chi connectivity index (χ2n) is 4.24. The van der Waals surface area contributed by atoms with E-state index in [1.54, 1.807) is 13.0 Å². The molecule has 0 saturated carbocycles. The smallest absolute Gasteiger partial charge is 0.306 e. The van der Waals surface area contributed by atoms with Crippen molar-refractivity contribution in [1.82, 2.24) is 5.32 Å². The first-order valence-corrected chi connectivity index (χ1v) is 7.56. The molecule has 2 N–H and O–H groups in total. The highest BCUT2D eigenvalue weighted by molar-refractivity contribution is 9.11. The molecule has 1 rings (SSSR count). The van der Waals surface area contributed by atoms with Crippen molar-refractivity contribution in [3.8, 4) is 5.75 Å². The number of rotatable bonds is 7. The fraction of sp³-hybridized carbons (Fsp3) is 0.385. The van der Waals surface area contributed by atoms with Crippen LogP contribution in [0.2, 0.25) is 0 Å². The van der Waals surface area contributed by atoms with Gasteiger partial charge in [-0.15, -0.1) is 0 Å². The van der Waals surface area contributed by atoms with Gasteiger partial charge in [0.15, 0.2) is 6.61 Å². The molecule has 0 aromatic heterocycles. The molecule has 1 aromatic rings. The molecule has 0 fully saturated rings. The van der Waals surface area contributed by atoms with Crippen LogP contribution in [0.5, 0.6) is 5.75 Å². The number of hydrogen-bond acceptors (Lipinski definition) is 3. The standard InChI is InChI=1S/C13H15Br2NO4/c1-8(13(18)19)4-5-16-12(17)7-20-11-3-2-9(14)6-10(11)15/h2-3,6,8H,4-5,7H2,1H3,(H,16,17)(H,18,19). The summed E-state index contributed by atoms with van der Waals surface area (Å²) in [5.74, 6) is -1.05. The van der Waals surface area contributed by atoms with Gasteiger partial charge in [0.2, 0.25) is 0 Å². The number of benzene rings is 1. The minimum Gasteiger partial charge on any atom is -0.483 e. The van der Waals surface area contributed by atoms with Crippen molar-refractivity contribution in [2.24, 2.45) is 5.92 Å². The Hall–Kier alpha value is -1.08. The number of halogens is 2. The lowest BCUT2D eigenvalue weighted by Gasteiger charge is -2.10. The van der Waals surface area contributed by atoms with E-state index in [1.165, 1.54) is 0 Å². The Balaban J connectivity index is 2.31. The van der Waals surface area contributed by atoms with Crippen molar-refractivity contribution in [3.05, 3.63) is 27.1 Å². The van der Waals surface area contributed by atoms with Gasteiger partial charge in [-0.2, -0.15) is 0 Å². The molecule has 7 heteroatoms. The molecule has 1 atom stereocenters. The zero-order chi connectivity index (χ0) is 15.1. The molecular formula is C13H15Br2NO4. The van der Waals surface area contributed by atoms with Crippen LogP contribution in [-0.4, -0.2) is 30.1 Å². The zero-order valence-corrected chi connectivity index (χ0v) is 14.0. The van der Waals surface area contributed by atoms with Gasteiger partial charge in [-0.05, 0) is 40.5 Å². The van der Waals surface area contributed by atoms with Crippen molar-refractivity contribution in [2.75, 3.05) is 13.2 Å². The van der Waals surface area contributed by atoms with Gasteiger partial charge in [-0.3, -0.25) is 9.59 Å². The molecule has 20 heavy (non-hydrogen) atoms. The molecule has 1 unspecified atom stereocenters. The van der Waals surface area contributed by atoms with Crippen LogP contribution in [0.15, 0.2) is 27.1 Å². The number of ether oxygens (including phenoxy) is 1. The van der Waals surface area contributed by atoms with E-state index in [0.717, 1.165) is 8.95 Å². The Morgan fingerprint density at radius 2 is 2.10 bits per heavy atom. The van der Waals surface area contributed by atoms with E-state index in [0.29, 0.717) is 18.7 Å². The van der Waals surface area contributed by atoms with Crippen LogP contribution in [-0.2, 0) is 9.59 Å². The van der Waals surface area contributed by atoms with Crippen LogP contribution in [0.25, 0.3) is 0 Å². The first-order chi connectivity index (χ1) is 9.40. The van der Waals surface area contributed by atoms with Gasteiger partial charge in [0.1, 0.15) is 5.75 Å². The Morgan fingerprint density at radius 3 is 2.70 bits per heavy atom. The molecular weight excluding hydrogens is 394 g/mol. The minimum atomic E-state index is -0.866. The molecule has 0 aliphatic rings. The lowest BCUT2D eigenvalue weighted by Crippen LogP contribution is -2.31. The van der Waals surface area contributed by atoms with E-state index < -0.39 is 11.9 Å². The Labute approximate surface area is 134 Å². The fourth-order valence-electron chi connectivity index (χ4n) is 1.34. The number of carboxylic acids is 1. The summed E-state index contributed by atoms with van der Waals surface area (Å²) in [6.45, 7) is 1.81. The van der Waals surface area contributed by atoms with Crippen LogP contribution >= 0.6 is 31.9 Å². The van der Waals surface area contributed by atoms with Crippen molar-refractivity contribution >= 4 is 43.7 Å². The third kappa shape index (κ3) is 5.92. The number of amides is 1. The summed E-state index contributed by atoms with van der Waals surface area (Å²) < 4.78 is 7.02. The SMILES string of the molecule is CC(CCNC(=O)COc1ccc(Br)cc1Br)C(=O)O. The summed E-state index contributed by atoms with van der Waals surface area (Å²) in [7, 11) is 0. The van der Waals surface area contributed by atoms with E-state index in [4.69, 9.17) is 9.84 Å². The summed E-state index contributed by atoms with van der Waals surface area (Å²) in [5.41, 5.74) is 0. The maximum absolute atomic E-state index is 11.5. The first-order valence-electron chi connectivity index (χ1n) is 5.97. The lowest BCUT2D eigenvalue weighted by molar-refractivity contribution is -0.141. The monoisotopic (exact) mass is 407 g/mol. The summed E-state index contributed by atoms with van der Waals surface area (Å²) >= 11 is 6.66. The molecule has 0 spiro atoms. The second kappa shape index (κ2) is 8.26. The number of aliphatic carboxylic acids is 1. The number of hydrogen-bond donors (Lipinski definition) is 2. The van der Waals surface area contributed by atoms with Gasteiger partial charge >= 0.3 is 5.97 Å². The summed E-state index contributed by atoms with van der Waals surface area (Å²) in [6, 6.07) is 5.38. The number of carbonyl (C=O) groups is 2. The minimum absolute atomic E-state index is 0.109. The van der Waals surface area contributed by atoms with E-state index in [2.05, 4.69) is 37.2 Å². The lowest BCUT2D eigenvalue weighted by atomic mass is 10.1. The highest BCUT2D eigenvalue weighted by atomic mass is 79.9. The largest absolute Gasteiger partial charge is 0.483 e. The first kappa shape index (κ1) is 17.0. The van der Waals surface area contributed by atoms with Crippen molar-refractivity contribution < 1.29 is 19.4 Å². The molecule has 0 aliphatic heterocycles. The van der Waals surface area contributed by atoms with Gasteiger partial charge in [-0.1, -0.05) is 22.9 Å². The molecule has 0 aliphatic carbocycles. The molecule has 110 valence electrons. The van der Waals surface area contributed by atoms with Gasteiger partial charge < -0.3 is 15.2 Å². The van der Waals surface area contributed by atoms with Gasteiger partial charge in [-0.25, -0.2) is 0 Å². The van der Waals surface area contributed by atoms with Gasteiger partial charge in [0.05, 0.1) is 10.4 Å². The maximum Gasteiger partial charge on any atom is 0.306 e. The van der Waals surface area contributed by atoms with Crippen LogP contribution < -0.4 is 10.1 Å². The zero-order valence-electron chi connectivity index (χ0n) is 10.9. The quantitative estimate of drug-likeness (QED) is 0.727.